The lowest BCUT2D eigenvalue weighted by molar-refractivity contribution is -0.129. The summed E-state index contributed by atoms with van der Waals surface area (Å²) in [6, 6.07) is 9.26. The zero-order valence-corrected chi connectivity index (χ0v) is 21.8. The summed E-state index contributed by atoms with van der Waals surface area (Å²) >= 11 is 0. The number of alkyl halides is 2. The first-order valence-electron chi connectivity index (χ1n) is 13.1. The minimum atomic E-state index is -3.15. The van der Waals surface area contributed by atoms with Crippen LogP contribution in [-0.4, -0.2) is 35.3 Å². The van der Waals surface area contributed by atoms with E-state index in [-0.39, 0.29) is 30.3 Å². The number of rotatable bonds is 16. The minimum Gasteiger partial charge on any atom is -0.368 e. The van der Waals surface area contributed by atoms with Crippen molar-refractivity contribution in [3.63, 3.8) is 0 Å². The Bertz CT molecular complexity index is 848. The highest BCUT2D eigenvalue weighted by atomic mass is 19.3. The van der Waals surface area contributed by atoms with Gasteiger partial charge in [-0.15, -0.1) is 0 Å². The van der Waals surface area contributed by atoms with E-state index in [0.717, 1.165) is 24.5 Å². The monoisotopic (exact) mass is 504 g/mol. The maximum absolute atomic E-state index is 14.9. The summed E-state index contributed by atoms with van der Waals surface area (Å²) in [5.74, 6) is -3.27. The van der Waals surface area contributed by atoms with Gasteiger partial charge in [0.25, 0.3) is 5.92 Å². The van der Waals surface area contributed by atoms with Crippen LogP contribution in [-0.2, 0) is 20.9 Å². The number of carbonyl (C=O) groups is 1. The molecule has 0 saturated heterocycles. The second kappa shape index (κ2) is 15.9. The summed E-state index contributed by atoms with van der Waals surface area (Å²) in [6.45, 7) is 5.66. The van der Waals surface area contributed by atoms with Gasteiger partial charge in [0.1, 0.15) is 11.9 Å². The van der Waals surface area contributed by atoms with Crippen LogP contribution >= 0.6 is 0 Å². The molecule has 1 saturated carbocycles. The quantitative estimate of drug-likeness (QED) is 0.147. The lowest BCUT2D eigenvalue weighted by Gasteiger charge is -2.23. The van der Waals surface area contributed by atoms with Crippen molar-refractivity contribution in [2.75, 3.05) is 0 Å². The van der Waals surface area contributed by atoms with E-state index in [1.165, 1.54) is 12.2 Å². The first-order valence-corrected chi connectivity index (χ1v) is 13.1. The number of ether oxygens (including phenoxy) is 2. The van der Waals surface area contributed by atoms with E-state index in [1.807, 2.05) is 63.3 Å². The molecule has 4 nitrogen and oxygen atoms in total. The molecule has 0 radical (unpaired) electrons. The Morgan fingerprint density at radius 3 is 2.61 bits per heavy atom. The van der Waals surface area contributed by atoms with Gasteiger partial charge < -0.3 is 14.6 Å². The van der Waals surface area contributed by atoms with Crippen molar-refractivity contribution < 1.29 is 28.2 Å². The molecule has 1 aliphatic carbocycles. The third kappa shape index (κ3) is 10.9. The van der Waals surface area contributed by atoms with Crippen molar-refractivity contribution in [3.8, 4) is 0 Å². The Hall–Kier alpha value is -2.15. The molecule has 0 aliphatic heterocycles. The normalized spacial score (nSPS) is 20.9. The van der Waals surface area contributed by atoms with Crippen molar-refractivity contribution in [1.82, 2.24) is 0 Å². The van der Waals surface area contributed by atoms with Gasteiger partial charge in [-0.2, -0.15) is 8.78 Å². The molecule has 2 unspecified atom stereocenters. The highest BCUT2D eigenvalue weighted by Crippen LogP contribution is 2.34. The number of halogens is 2. The van der Waals surface area contributed by atoms with Gasteiger partial charge in [-0.05, 0) is 69.9 Å². The summed E-state index contributed by atoms with van der Waals surface area (Å²) in [4.78, 5) is 12.5. The summed E-state index contributed by atoms with van der Waals surface area (Å²) in [6.07, 6.45) is 11.7. The number of hydrogen-bond donors (Lipinski definition) is 1. The fourth-order valence-corrected chi connectivity index (χ4v) is 4.29. The van der Waals surface area contributed by atoms with Crippen molar-refractivity contribution in [3.05, 3.63) is 72.4 Å². The molecule has 0 spiro atoms. The van der Waals surface area contributed by atoms with Gasteiger partial charge >= 0.3 is 0 Å². The Morgan fingerprint density at radius 1 is 1.17 bits per heavy atom. The Kier molecular flexibility index (Phi) is 13.2. The molecule has 4 atom stereocenters. The van der Waals surface area contributed by atoms with Gasteiger partial charge in [-0.25, -0.2) is 0 Å². The predicted molar refractivity (Wildman–Crippen MR) is 140 cm³/mol. The molecular weight excluding hydrogens is 462 g/mol. The lowest BCUT2D eigenvalue weighted by atomic mass is 9.91. The third-order valence-electron chi connectivity index (χ3n) is 6.22. The minimum absolute atomic E-state index is 0.0140. The van der Waals surface area contributed by atoms with Crippen molar-refractivity contribution in [1.29, 1.82) is 0 Å². The average molecular weight is 505 g/mol. The summed E-state index contributed by atoms with van der Waals surface area (Å²) in [7, 11) is 0. The fourth-order valence-electron chi connectivity index (χ4n) is 4.29. The van der Waals surface area contributed by atoms with Crippen molar-refractivity contribution >= 4 is 5.78 Å². The molecule has 6 heteroatoms. The van der Waals surface area contributed by atoms with Gasteiger partial charge in [-0.1, -0.05) is 67.6 Å². The second-order valence-electron chi connectivity index (χ2n) is 9.64. The Labute approximate surface area is 215 Å². The van der Waals surface area contributed by atoms with Gasteiger partial charge in [0.15, 0.2) is 6.29 Å². The predicted octanol–water partition coefficient (Wildman–Crippen LogP) is 7.18. The van der Waals surface area contributed by atoms with E-state index in [1.54, 1.807) is 6.08 Å². The zero-order valence-electron chi connectivity index (χ0n) is 21.8. The largest absolute Gasteiger partial charge is 0.368 e. The van der Waals surface area contributed by atoms with Crippen LogP contribution in [0.5, 0.6) is 0 Å². The van der Waals surface area contributed by atoms with E-state index >= 15 is 0 Å². The van der Waals surface area contributed by atoms with Crippen LogP contribution in [0.4, 0.5) is 8.78 Å². The molecule has 1 aromatic rings. The van der Waals surface area contributed by atoms with E-state index < -0.39 is 18.3 Å². The Morgan fingerprint density at radius 2 is 1.92 bits per heavy atom. The molecule has 0 heterocycles. The first kappa shape index (κ1) is 30.1. The van der Waals surface area contributed by atoms with Gasteiger partial charge in [0.05, 0.1) is 12.7 Å². The van der Waals surface area contributed by atoms with Gasteiger partial charge in [0, 0.05) is 12.3 Å². The fraction of sp³-hybridized carbons (Fsp3) is 0.567. The highest BCUT2D eigenvalue weighted by molar-refractivity contribution is 5.83. The topological polar surface area (TPSA) is 55.8 Å². The first-order chi connectivity index (χ1) is 17.2. The SMILES string of the molecule is CC/C=C/C(F)(F)C(/C=C/[C@H]1CCC(=O)[C@@H]1C/C=C\CCCC(O)OC(C)C)OCc1ccccc1. The maximum Gasteiger partial charge on any atom is 0.295 e. The Balaban J connectivity index is 1.96. The molecule has 1 fully saturated rings. The maximum atomic E-state index is 14.9. The molecule has 2 rings (SSSR count). The van der Waals surface area contributed by atoms with E-state index in [9.17, 15) is 18.7 Å². The number of unbranched alkanes of at least 4 members (excludes halogenated alkanes) is 1. The van der Waals surface area contributed by atoms with Crippen LogP contribution in [0.15, 0.2) is 66.8 Å². The molecule has 36 heavy (non-hydrogen) atoms. The van der Waals surface area contributed by atoms with Crippen molar-refractivity contribution in [2.24, 2.45) is 11.8 Å². The van der Waals surface area contributed by atoms with E-state index in [4.69, 9.17) is 9.47 Å². The number of aliphatic hydroxyl groups excluding tert-OH is 1. The molecule has 200 valence electrons. The van der Waals surface area contributed by atoms with Crippen LogP contribution < -0.4 is 0 Å². The van der Waals surface area contributed by atoms with Gasteiger partial charge in [0.2, 0.25) is 0 Å². The number of benzene rings is 1. The molecule has 1 N–H and O–H groups in total. The molecule has 0 amide bonds. The molecule has 0 bridgehead atoms. The highest BCUT2D eigenvalue weighted by Gasteiger charge is 2.37. The third-order valence-corrected chi connectivity index (χ3v) is 6.22. The number of carbonyl (C=O) groups excluding carboxylic acids is 1. The number of aliphatic hydroxyl groups is 1. The molecular formula is C30H42F2O4. The average Bonchev–Trinajstić information content (AvgIpc) is 3.19. The zero-order chi connectivity index (χ0) is 26.4. The van der Waals surface area contributed by atoms with Gasteiger partial charge in [-0.3, -0.25) is 4.79 Å². The van der Waals surface area contributed by atoms with Crippen LogP contribution in [0.1, 0.15) is 71.3 Å². The van der Waals surface area contributed by atoms with Crippen LogP contribution in [0.25, 0.3) is 0 Å². The summed E-state index contributed by atoms with van der Waals surface area (Å²) < 4.78 is 40.8. The number of Topliss-reactive ketones (excluding diaryl/α,β-unsaturated/α-hetero) is 1. The standard InChI is InChI=1S/C30H42F2O4/c1-4-5-21-30(31,32)28(35-22-24-13-9-8-10-14-24)20-18-25-17-19-27(33)26(25)15-11-6-7-12-16-29(34)36-23(2)3/h5-6,8-11,13-14,18,20-21,23,25-26,28-29,34H,4,7,12,15-17,19,22H2,1-3H3/b11-6-,20-18+,21-5+/t25-,26-,28?,29?/m1/s1. The summed E-state index contributed by atoms with van der Waals surface area (Å²) in [5.41, 5.74) is 0.827. The van der Waals surface area contributed by atoms with E-state index in [0.29, 0.717) is 32.1 Å². The number of ketones is 1. The lowest BCUT2D eigenvalue weighted by Crippen LogP contribution is -2.32. The second-order valence-corrected chi connectivity index (χ2v) is 9.64. The van der Waals surface area contributed by atoms with Crippen LogP contribution in [0.2, 0.25) is 0 Å². The molecule has 0 aromatic heterocycles. The van der Waals surface area contributed by atoms with E-state index in [2.05, 4.69) is 0 Å². The number of allylic oxidation sites excluding steroid dienone is 4. The van der Waals surface area contributed by atoms with Crippen LogP contribution in [0, 0.1) is 11.8 Å². The molecule has 1 aromatic carbocycles. The smallest absolute Gasteiger partial charge is 0.295 e. The van der Waals surface area contributed by atoms with Crippen molar-refractivity contribution in [2.45, 2.75) is 96.7 Å². The summed E-state index contributed by atoms with van der Waals surface area (Å²) in [5, 5.41) is 9.76. The van der Waals surface area contributed by atoms with Crippen LogP contribution in [0.3, 0.4) is 0 Å². The number of hydrogen-bond acceptors (Lipinski definition) is 4. The molecule has 1 aliphatic rings.